The highest BCUT2D eigenvalue weighted by Crippen LogP contribution is 2.29. The third kappa shape index (κ3) is 8.33. The standard InChI is InChI=1S/C27H38FN5O3S/c1-17-25(18(2)34)37-27(29-17)31-26(36)30-24-15-23(33(5)19(3)35)13-10-21(24)16-32(4)14-6-7-20-8-11-22(28)12-9-20/h8-9,11-12,21,23-24H,6-7,10,13-16H2,1-5H3,(H2,29,30,31,36)/t21-,23+,24+/m0/s1. The van der Waals surface area contributed by atoms with E-state index < -0.39 is 0 Å². The van der Waals surface area contributed by atoms with E-state index in [0.717, 1.165) is 44.3 Å². The Hall–Kier alpha value is -2.85. The summed E-state index contributed by atoms with van der Waals surface area (Å²) in [4.78, 5) is 45.5. The van der Waals surface area contributed by atoms with Crippen molar-refractivity contribution in [3.63, 3.8) is 0 Å². The third-order valence-corrected chi connectivity index (χ3v) is 8.30. The van der Waals surface area contributed by atoms with Gasteiger partial charge in [-0.3, -0.25) is 14.9 Å². The molecule has 3 atom stereocenters. The van der Waals surface area contributed by atoms with Gasteiger partial charge in [-0.2, -0.15) is 0 Å². The van der Waals surface area contributed by atoms with Crippen LogP contribution in [-0.2, 0) is 11.2 Å². The quantitative estimate of drug-likeness (QED) is 0.441. The van der Waals surface area contributed by atoms with E-state index in [1.807, 2.05) is 19.2 Å². The lowest BCUT2D eigenvalue weighted by Crippen LogP contribution is -2.53. The summed E-state index contributed by atoms with van der Waals surface area (Å²) in [6, 6.07) is 6.22. The molecule has 0 radical (unpaired) electrons. The van der Waals surface area contributed by atoms with Gasteiger partial charge in [0.25, 0.3) is 0 Å². The minimum absolute atomic E-state index is 0.0135. The van der Waals surface area contributed by atoms with Crippen LogP contribution in [0.15, 0.2) is 24.3 Å². The van der Waals surface area contributed by atoms with E-state index in [1.54, 1.807) is 18.7 Å². The molecule has 3 rings (SSSR count). The van der Waals surface area contributed by atoms with Crippen molar-refractivity contribution in [1.29, 1.82) is 0 Å². The summed E-state index contributed by atoms with van der Waals surface area (Å²) in [6.45, 7) is 6.50. The normalized spacial score (nSPS) is 19.5. The fourth-order valence-corrected chi connectivity index (χ4v) is 5.85. The molecule has 1 aliphatic carbocycles. The molecule has 202 valence electrons. The molecular weight excluding hydrogens is 493 g/mol. The number of nitrogens with zero attached hydrogens (tertiary/aromatic N) is 3. The first-order valence-corrected chi connectivity index (χ1v) is 13.6. The molecule has 0 bridgehead atoms. The Balaban J connectivity index is 1.60. The number of urea groups is 1. The van der Waals surface area contributed by atoms with Gasteiger partial charge in [0.05, 0.1) is 10.6 Å². The number of rotatable bonds is 10. The Labute approximate surface area is 222 Å². The molecule has 1 heterocycles. The fourth-order valence-electron chi connectivity index (χ4n) is 4.99. The van der Waals surface area contributed by atoms with Crippen LogP contribution in [0.5, 0.6) is 0 Å². The number of ketones is 1. The summed E-state index contributed by atoms with van der Waals surface area (Å²) < 4.78 is 13.1. The van der Waals surface area contributed by atoms with Crippen molar-refractivity contribution in [2.24, 2.45) is 5.92 Å². The Bertz CT molecular complexity index is 1090. The number of anilines is 1. The highest BCUT2D eigenvalue weighted by Gasteiger charge is 2.34. The van der Waals surface area contributed by atoms with E-state index in [0.29, 0.717) is 22.1 Å². The maximum atomic E-state index is 13.1. The number of hydrogen-bond acceptors (Lipinski definition) is 6. The van der Waals surface area contributed by atoms with Crippen LogP contribution in [-0.4, -0.2) is 71.8 Å². The summed E-state index contributed by atoms with van der Waals surface area (Å²) >= 11 is 1.17. The summed E-state index contributed by atoms with van der Waals surface area (Å²) in [5.74, 6) is -0.0595. The number of Topliss-reactive ketones (excluding diaryl/α,β-unsaturated/α-hetero) is 1. The second-order valence-electron chi connectivity index (χ2n) is 10.0. The molecule has 1 saturated carbocycles. The minimum Gasteiger partial charge on any atom is -0.343 e. The maximum Gasteiger partial charge on any atom is 0.321 e. The van der Waals surface area contributed by atoms with E-state index in [2.05, 4.69) is 27.6 Å². The van der Waals surface area contributed by atoms with Gasteiger partial charge in [0.2, 0.25) is 5.91 Å². The van der Waals surface area contributed by atoms with E-state index in [9.17, 15) is 18.8 Å². The van der Waals surface area contributed by atoms with Crippen molar-refractivity contribution < 1.29 is 18.8 Å². The first-order valence-electron chi connectivity index (χ1n) is 12.8. The number of halogens is 1. The first kappa shape index (κ1) is 28.7. The molecule has 10 heteroatoms. The SMILES string of the molecule is CC(=O)c1sc(NC(=O)N[C@@H]2C[C@H](N(C)C(C)=O)CC[C@H]2CN(C)CCCc2ccc(F)cc2)nc1C. The average Bonchev–Trinajstić information content (AvgIpc) is 3.20. The van der Waals surface area contributed by atoms with Crippen LogP contribution >= 0.6 is 11.3 Å². The molecule has 1 aromatic carbocycles. The fraction of sp³-hybridized carbons (Fsp3) is 0.556. The molecule has 2 N–H and O–H groups in total. The number of thiazole rings is 1. The molecule has 0 unspecified atom stereocenters. The van der Waals surface area contributed by atoms with Gasteiger partial charge in [0, 0.05) is 39.5 Å². The molecule has 1 aliphatic rings. The van der Waals surface area contributed by atoms with Gasteiger partial charge in [-0.15, -0.1) is 0 Å². The molecule has 1 aromatic heterocycles. The van der Waals surface area contributed by atoms with Crippen LogP contribution in [0.4, 0.5) is 14.3 Å². The number of hydrogen-bond donors (Lipinski definition) is 2. The van der Waals surface area contributed by atoms with Crippen LogP contribution < -0.4 is 10.6 Å². The predicted molar refractivity (Wildman–Crippen MR) is 145 cm³/mol. The molecule has 1 fully saturated rings. The summed E-state index contributed by atoms with van der Waals surface area (Å²) in [6.07, 6.45) is 4.27. The Morgan fingerprint density at radius 1 is 1.14 bits per heavy atom. The van der Waals surface area contributed by atoms with Crippen molar-refractivity contribution in [3.05, 3.63) is 46.2 Å². The summed E-state index contributed by atoms with van der Waals surface area (Å²) in [5.41, 5.74) is 1.72. The van der Waals surface area contributed by atoms with Gasteiger partial charge in [0.15, 0.2) is 10.9 Å². The van der Waals surface area contributed by atoms with Gasteiger partial charge in [-0.25, -0.2) is 14.2 Å². The number of benzene rings is 1. The third-order valence-electron chi connectivity index (χ3n) is 7.13. The zero-order valence-electron chi connectivity index (χ0n) is 22.3. The lowest BCUT2D eigenvalue weighted by Gasteiger charge is -2.41. The molecular formula is C27H38FN5O3S. The molecule has 0 saturated heterocycles. The summed E-state index contributed by atoms with van der Waals surface area (Å²) in [7, 11) is 3.89. The monoisotopic (exact) mass is 531 g/mol. The largest absolute Gasteiger partial charge is 0.343 e. The number of aromatic nitrogens is 1. The molecule has 2 aromatic rings. The molecule has 8 nitrogen and oxygen atoms in total. The lowest BCUT2D eigenvalue weighted by atomic mass is 9.80. The number of carbonyl (C=O) groups excluding carboxylic acids is 3. The van der Waals surface area contributed by atoms with E-state index in [4.69, 9.17) is 0 Å². The van der Waals surface area contributed by atoms with Gasteiger partial charge in [0.1, 0.15) is 5.82 Å². The number of aryl methyl sites for hydroxylation is 2. The second-order valence-corrected chi connectivity index (χ2v) is 11.0. The van der Waals surface area contributed by atoms with E-state index in [1.165, 1.54) is 30.4 Å². The van der Waals surface area contributed by atoms with Gasteiger partial charge < -0.3 is 15.1 Å². The molecule has 0 aliphatic heterocycles. The van der Waals surface area contributed by atoms with Crippen LogP contribution in [0, 0.1) is 18.7 Å². The Morgan fingerprint density at radius 3 is 2.46 bits per heavy atom. The van der Waals surface area contributed by atoms with Crippen molar-refractivity contribution >= 4 is 34.2 Å². The molecule has 0 spiro atoms. The topological polar surface area (TPSA) is 94.6 Å². The highest BCUT2D eigenvalue weighted by atomic mass is 32.1. The Morgan fingerprint density at radius 2 is 1.84 bits per heavy atom. The molecule has 3 amide bonds. The first-order chi connectivity index (χ1) is 17.5. The van der Waals surface area contributed by atoms with Crippen molar-refractivity contribution in [2.75, 3.05) is 32.5 Å². The lowest BCUT2D eigenvalue weighted by molar-refractivity contribution is -0.130. The number of amides is 3. The minimum atomic E-state index is -0.357. The van der Waals surface area contributed by atoms with Gasteiger partial charge in [-0.1, -0.05) is 23.5 Å². The maximum absolute atomic E-state index is 13.1. The second kappa shape index (κ2) is 13.1. The van der Waals surface area contributed by atoms with E-state index >= 15 is 0 Å². The highest BCUT2D eigenvalue weighted by molar-refractivity contribution is 7.17. The molecule has 37 heavy (non-hydrogen) atoms. The van der Waals surface area contributed by atoms with Gasteiger partial charge >= 0.3 is 6.03 Å². The van der Waals surface area contributed by atoms with Crippen LogP contribution in [0.2, 0.25) is 0 Å². The van der Waals surface area contributed by atoms with Crippen molar-refractivity contribution in [2.45, 2.75) is 65.0 Å². The summed E-state index contributed by atoms with van der Waals surface area (Å²) in [5, 5.41) is 6.30. The Kier molecular flexibility index (Phi) is 10.2. The van der Waals surface area contributed by atoms with Crippen LogP contribution in [0.1, 0.15) is 60.5 Å². The smallest absolute Gasteiger partial charge is 0.321 e. The van der Waals surface area contributed by atoms with Gasteiger partial charge in [-0.05, 0) is 76.2 Å². The van der Waals surface area contributed by atoms with Crippen molar-refractivity contribution in [1.82, 2.24) is 20.1 Å². The zero-order chi connectivity index (χ0) is 27.1. The van der Waals surface area contributed by atoms with Crippen LogP contribution in [0.25, 0.3) is 0 Å². The zero-order valence-corrected chi connectivity index (χ0v) is 23.2. The average molecular weight is 532 g/mol. The van der Waals surface area contributed by atoms with Crippen molar-refractivity contribution in [3.8, 4) is 0 Å². The predicted octanol–water partition coefficient (Wildman–Crippen LogP) is 4.49. The number of nitrogens with one attached hydrogen (secondary N) is 2. The number of carbonyl (C=O) groups is 3. The van der Waals surface area contributed by atoms with Crippen LogP contribution in [0.3, 0.4) is 0 Å². The van der Waals surface area contributed by atoms with E-state index in [-0.39, 0.29) is 41.5 Å².